The molecule has 2 aromatic rings. The van der Waals surface area contributed by atoms with E-state index in [1.165, 1.54) is 11.8 Å². The molecule has 26 heavy (non-hydrogen) atoms. The van der Waals surface area contributed by atoms with Crippen LogP contribution in [0.1, 0.15) is 57.8 Å². The van der Waals surface area contributed by atoms with Crippen LogP contribution in [0.5, 0.6) is 0 Å². The Kier molecular flexibility index (Phi) is 5.52. The lowest BCUT2D eigenvalue weighted by molar-refractivity contribution is -0.114. The average Bonchev–Trinajstić information content (AvgIpc) is 3.05. The molecule has 1 amide bonds. The van der Waals surface area contributed by atoms with Crippen molar-refractivity contribution in [2.75, 3.05) is 5.32 Å². The number of hydrogen-bond acceptors (Lipinski definition) is 5. The topological polar surface area (TPSA) is 72.5 Å². The number of thiophene rings is 1. The molecule has 0 aliphatic heterocycles. The van der Waals surface area contributed by atoms with E-state index in [0.29, 0.717) is 16.8 Å². The number of nitrogens with one attached hydrogen (secondary N) is 1. The zero-order valence-corrected chi connectivity index (χ0v) is 15.7. The van der Waals surface area contributed by atoms with Crippen molar-refractivity contribution in [1.82, 2.24) is 0 Å². The van der Waals surface area contributed by atoms with Crippen molar-refractivity contribution in [3.8, 4) is 0 Å². The number of benzene rings is 1. The molecule has 0 saturated heterocycles. The molecule has 1 atom stereocenters. The lowest BCUT2D eigenvalue weighted by Gasteiger charge is -2.15. The van der Waals surface area contributed by atoms with Gasteiger partial charge >= 0.3 is 5.97 Å². The van der Waals surface area contributed by atoms with Crippen LogP contribution < -0.4 is 5.32 Å². The Balaban J connectivity index is 1.66. The highest BCUT2D eigenvalue weighted by atomic mass is 32.1. The van der Waals surface area contributed by atoms with Gasteiger partial charge in [0.15, 0.2) is 6.10 Å². The Labute approximate surface area is 156 Å². The molecular formula is C20H21NO4S. The summed E-state index contributed by atoms with van der Waals surface area (Å²) < 4.78 is 5.42. The zero-order valence-electron chi connectivity index (χ0n) is 14.8. The summed E-state index contributed by atoms with van der Waals surface area (Å²) in [6, 6.07) is 6.53. The average molecular weight is 371 g/mol. The maximum atomic E-state index is 12.5. The van der Waals surface area contributed by atoms with Crippen molar-refractivity contribution in [3.05, 3.63) is 51.2 Å². The van der Waals surface area contributed by atoms with Crippen molar-refractivity contribution in [3.63, 3.8) is 0 Å². The van der Waals surface area contributed by atoms with E-state index in [4.69, 9.17) is 4.74 Å². The Bertz CT molecular complexity index is 838. The van der Waals surface area contributed by atoms with Crippen LogP contribution in [0.25, 0.3) is 0 Å². The first-order chi connectivity index (χ1) is 12.5. The quantitative estimate of drug-likeness (QED) is 0.637. The smallest absolute Gasteiger partial charge is 0.339 e. The van der Waals surface area contributed by atoms with E-state index in [1.54, 1.807) is 42.5 Å². The Morgan fingerprint density at radius 3 is 2.50 bits per heavy atom. The molecule has 1 aromatic heterocycles. The van der Waals surface area contributed by atoms with Crippen molar-refractivity contribution < 1.29 is 19.1 Å². The molecule has 1 aromatic carbocycles. The van der Waals surface area contributed by atoms with Gasteiger partial charge in [-0.25, -0.2) is 4.79 Å². The second-order valence-corrected chi connectivity index (χ2v) is 7.39. The molecule has 0 spiro atoms. The predicted molar refractivity (Wildman–Crippen MR) is 101 cm³/mol. The highest BCUT2D eigenvalue weighted by Crippen LogP contribution is 2.30. The molecule has 0 radical (unpaired) electrons. The van der Waals surface area contributed by atoms with Crippen molar-refractivity contribution >= 4 is 34.7 Å². The Morgan fingerprint density at radius 1 is 1.12 bits per heavy atom. The minimum atomic E-state index is -0.867. The van der Waals surface area contributed by atoms with Crippen LogP contribution in [-0.4, -0.2) is 23.8 Å². The first kappa shape index (κ1) is 18.3. The minimum absolute atomic E-state index is 0.175. The van der Waals surface area contributed by atoms with Crippen LogP contribution in [-0.2, 0) is 22.4 Å². The second kappa shape index (κ2) is 7.83. The highest BCUT2D eigenvalue weighted by Gasteiger charge is 2.25. The highest BCUT2D eigenvalue weighted by molar-refractivity contribution is 7.10. The summed E-state index contributed by atoms with van der Waals surface area (Å²) in [6.07, 6.45) is 3.29. The molecule has 1 aliphatic rings. The first-order valence-corrected chi connectivity index (χ1v) is 9.55. The van der Waals surface area contributed by atoms with Crippen molar-refractivity contribution in [2.24, 2.45) is 0 Å². The Morgan fingerprint density at radius 2 is 1.81 bits per heavy atom. The largest absolute Gasteiger partial charge is 0.451 e. The number of aryl methyl sites for hydroxylation is 1. The summed E-state index contributed by atoms with van der Waals surface area (Å²) in [6.45, 7) is 3.00. The van der Waals surface area contributed by atoms with Gasteiger partial charge in [-0.2, -0.15) is 0 Å². The molecule has 1 aliphatic carbocycles. The maximum Gasteiger partial charge on any atom is 0.339 e. The first-order valence-electron chi connectivity index (χ1n) is 8.68. The summed E-state index contributed by atoms with van der Waals surface area (Å²) in [5.41, 5.74) is 2.74. The normalized spacial score (nSPS) is 14.2. The van der Waals surface area contributed by atoms with E-state index in [2.05, 4.69) is 5.32 Å². The number of Topliss-reactive ketones (excluding diaryl/α,β-unsaturated/α-hetero) is 1. The lowest BCUT2D eigenvalue weighted by Crippen LogP contribution is -2.25. The SMILES string of the molecule is CC(=O)Nc1ccc(C(=O)[C@@H](C)OC(=O)c2csc3c2CCCC3)cc1. The molecule has 3 rings (SSSR count). The zero-order chi connectivity index (χ0) is 18.7. The van der Waals surface area contributed by atoms with Gasteiger partial charge in [0.05, 0.1) is 5.56 Å². The third-order valence-corrected chi connectivity index (χ3v) is 5.51. The second-order valence-electron chi connectivity index (χ2n) is 6.43. The number of carbonyl (C=O) groups is 3. The molecule has 0 saturated carbocycles. The van der Waals surface area contributed by atoms with E-state index in [9.17, 15) is 14.4 Å². The number of rotatable bonds is 5. The van der Waals surface area contributed by atoms with E-state index in [0.717, 1.165) is 31.2 Å². The summed E-state index contributed by atoms with van der Waals surface area (Å²) >= 11 is 1.60. The van der Waals surface area contributed by atoms with E-state index >= 15 is 0 Å². The Hall–Kier alpha value is -2.47. The fourth-order valence-corrected chi connectivity index (χ4v) is 4.21. The van der Waals surface area contributed by atoms with Crippen LogP contribution in [0.3, 0.4) is 0 Å². The third-order valence-electron chi connectivity index (χ3n) is 4.42. The number of ketones is 1. The standard InChI is InChI=1S/C20H21NO4S/c1-12(19(23)14-7-9-15(10-8-14)21-13(2)22)25-20(24)17-11-26-18-6-4-3-5-16(17)18/h7-12H,3-6H2,1-2H3,(H,21,22)/t12-/m1/s1. The molecule has 1 heterocycles. The van der Waals surface area contributed by atoms with Gasteiger partial charge in [-0.3, -0.25) is 9.59 Å². The molecule has 136 valence electrons. The van der Waals surface area contributed by atoms with Gasteiger partial charge in [0.2, 0.25) is 11.7 Å². The third kappa shape index (κ3) is 4.02. The summed E-state index contributed by atoms with van der Waals surface area (Å²) in [5.74, 6) is -0.873. The van der Waals surface area contributed by atoms with Gasteiger partial charge in [-0.05, 0) is 62.4 Å². The fraction of sp³-hybridized carbons (Fsp3) is 0.350. The van der Waals surface area contributed by atoms with Gasteiger partial charge in [0.25, 0.3) is 0 Å². The van der Waals surface area contributed by atoms with Crippen LogP contribution in [0.2, 0.25) is 0 Å². The van der Waals surface area contributed by atoms with Crippen LogP contribution in [0, 0.1) is 0 Å². The maximum absolute atomic E-state index is 12.5. The number of amides is 1. The predicted octanol–water partition coefficient (Wildman–Crippen LogP) is 4.01. The molecule has 5 nitrogen and oxygen atoms in total. The molecule has 1 N–H and O–H groups in total. The lowest BCUT2D eigenvalue weighted by atomic mass is 9.96. The van der Waals surface area contributed by atoms with Gasteiger partial charge in [-0.15, -0.1) is 11.3 Å². The van der Waals surface area contributed by atoms with Crippen LogP contribution in [0.15, 0.2) is 29.6 Å². The number of esters is 1. The number of fused-ring (bicyclic) bond motifs is 1. The van der Waals surface area contributed by atoms with Crippen molar-refractivity contribution in [2.45, 2.75) is 45.6 Å². The van der Waals surface area contributed by atoms with Gasteiger partial charge in [0, 0.05) is 28.4 Å². The van der Waals surface area contributed by atoms with Gasteiger partial charge in [-0.1, -0.05) is 0 Å². The molecule has 0 fully saturated rings. The van der Waals surface area contributed by atoms with Gasteiger partial charge < -0.3 is 10.1 Å². The summed E-state index contributed by atoms with van der Waals surface area (Å²) in [5, 5.41) is 4.49. The molecular weight excluding hydrogens is 350 g/mol. The number of ether oxygens (including phenoxy) is 1. The van der Waals surface area contributed by atoms with E-state index in [1.807, 2.05) is 5.38 Å². The van der Waals surface area contributed by atoms with Crippen LogP contribution in [0.4, 0.5) is 5.69 Å². The van der Waals surface area contributed by atoms with Crippen molar-refractivity contribution in [1.29, 1.82) is 0 Å². The molecule has 0 unspecified atom stereocenters. The number of carbonyl (C=O) groups excluding carboxylic acids is 3. The van der Waals surface area contributed by atoms with E-state index in [-0.39, 0.29) is 11.7 Å². The summed E-state index contributed by atoms with van der Waals surface area (Å²) in [7, 11) is 0. The summed E-state index contributed by atoms with van der Waals surface area (Å²) in [4.78, 5) is 37.3. The fourth-order valence-electron chi connectivity index (χ4n) is 3.10. The van der Waals surface area contributed by atoms with Gasteiger partial charge in [0.1, 0.15) is 0 Å². The number of hydrogen-bond donors (Lipinski definition) is 1. The number of anilines is 1. The molecule has 0 bridgehead atoms. The minimum Gasteiger partial charge on any atom is -0.451 e. The monoisotopic (exact) mass is 371 g/mol. The van der Waals surface area contributed by atoms with E-state index < -0.39 is 12.1 Å². The van der Waals surface area contributed by atoms with Crippen LogP contribution >= 0.6 is 11.3 Å². The molecule has 6 heteroatoms.